The number of carbonyl (C=O) groups is 2. The van der Waals surface area contributed by atoms with E-state index in [-0.39, 0.29) is 18.0 Å². The molecule has 0 unspecified atom stereocenters. The van der Waals surface area contributed by atoms with Gasteiger partial charge in [0.05, 0.1) is 60.2 Å². The summed E-state index contributed by atoms with van der Waals surface area (Å²) in [4.78, 5) is 24.7. The van der Waals surface area contributed by atoms with Crippen LogP contribution in [0.15, 0.2) is 48.6 Å². The van der Waals surface area contributed by atoms with Gasteiger partial charge in [0.15, 0.2) is 34.6 Å². The Balaban J connectivity index is 1.87. The highest BCUT2D eigenvalue weighted by molar-refractivity contribution is 6.10. The lowest BCUT2D eigenvalue weighted by Crippen LogP contribution is -2.52. The summed E-state index contributed by atoms with van der Waals surface area (Å²) in [5.41, 5.74) is 8.92. The third kappa shape index (κ3) is 12.1. The van der Waals surface area contributed by atoms with Gasteiger partial charge in [-0.2, -0.15) is 0 Å². The van der Waals surface area contributed by atoms with Crippen LogP contribution < -0.4 is 30.4 Å². The van der Waals surface area contributed by atoms with Crippen molar-refractivity contribution in [3.8, 4) is 23.0 Å². The fourth-order valence-corrected chi connectivity index (χ4v) is 3.31. The SMILES string of the molecule is COc1cc(/C=C/C(=O)CC(=O)/C=C/c2ccc(OCCOCC[NH3+])c(OC)c2)ccc1OCCOCC[NH3+]. The fraction of sp³-hybridized carbons (Fsp3) is 0.379. The lowest BCUT2D eigenvalue weighted by molar-refractivity contribution is -0.374. The second-order valence-corrected chi connectivity index (χ2v) is 8.23. The van der Waals surface area contributed by atoms with Crippen LogP contribution in [0, 0.1) is 0 Å². The summed E-state index contributed by atoms with van der Waals surface area (Å²) in [7, 11) is 3.09. The molecule has 39 heavy (non-hydrogen) atoms. The highest BCUT2D eigenvalue weighted by Gasteiger charge is 2.08. The molecule has 6 N–H and O–H groups in total. The molecule has 0 radical (unpaired) electrons. The first-order valence-corrected chi connectivity index (χ1v) is 12.8. The summed E-state index contributed by atoms with van der Waals surface area (Å²) < 4.78 is 32.8. The van der Waals surface area contributed by atoms with Crippen molar-refractivity contribution < 1.29 is 49.5 Å². The van der Waals surface area contributed by atoms with E-state index < -0.39 is 0 Å². The second kappa shape index (κ2) is 18.5. The van der Waals surface area contributed by atoms with E-state index in [1.807, 2.05) is 0 Å². The molecule has 0 bridgehead atoms. The third-order valence-corrected chi connectivity index (χ3v) is 5.20. The van der Waals surface area contributed by atoms with Gasteiger partial charge in [0.1, 0.15) is 13.2 Å². The van der Waals surface area contributed by atoms with Crippen LogP contribution >= 0.6 is 0 Å². The largest absolute Gasteiger partial charge is 0.493 e. The minimum atomic E-state index is -0.311. The Morgan fingerprint density at radius 2 is 1.08 bits per heavy atom. The van der Waals surface area contributed by atoms with E-state index in [9.17, 15) is 9.59 Å². The number of hydrogen-bond donors (Lipinski definition) is 2. The number of carbonyl (C=O) groups excluding carboxylic acids is 2. The average molecular weight is 545 g/mol. The molecule has 0 heterocycles. The summed E-state index contributed by atoms with van der Waals surface area (Å²) in [5, 5.41) is 0. The minimum Gasteiger partial charge on any atom is -0.493 e. The Morgan fingerprint density at radius 3 is 1.46 bits per heavy atom. The van der Waals surface area contributed by atoms with E-state index >= 15 is 0 Å². The summed E-state index contributed by atoms with van der Waals surface area (Å²) in [6.07, 6.45) is 5.78. The van der Waals surface area contributed by atoms with Gasteiger partial charge in [-0.15, -0.1) is 0 Å². The van der Waals surface area contributed by atoms with Crippen molar-refractivity contribution >= 4 is 23.7 Å². The number of rotatable bonds is 20. The normalized spacial score (nSPS) is 11.2. The molecular weight excluding hydrogens is 504 g/mol. The van der Waals surface area contributed by atoms with Gasteiger partial charge in [-0.25, -0.2) is 0 Å². The van der Waals surface area contributed by atoms with Crippen LogP contribution in [0.3, 0.4) is 0 Å². The monoisotopic (exact) mass is 544 g/mol. The number of benzene rings is 2. The van der Waals surface area contributed by atoms with Crippen molar-refractivity contribution in [2.75, 3.05) is 67.0 Å². The first kappa shape index (κ1) is 31.5. The van der Waals surface area contributed by atoms with Gasteiger partial charge >= 0.3 is 0 Å². The maximum Gasteiger partial charge on any atom is 0.163 e. The maximum atomic E-state index is 12.3. The highest BCUT2D eigenvalue weighted by atomic mass is 16.5. The van der Waals surface area contributed by atoms with Crippen LogP contribution in [0.4, 0.5) is 0 Å². The molecule has 0 amide bonds. The minimum absolute atomic E-state index is 0.246. The predicted octanol–water partition coefficient (Wildman–Crippen LogP) is 1.23. The van der Waals surface area contributed by atoms with Gasteiger partial charge in [0.25, 0.3) is 0 Å². The van der Waals surface area contributed by atoms with Crippen molar-refractivity contribution in [3.05, 3.63) is 59.7 Å². The van der Waals surface area contributed by atoms with Gasteiger partial charge < -0.3 is 39.9 Å². The number of methoxy groups -OCH3 is 2. The molecule has 2 aromatic carbocycles. The summed E-state index contributed by atoms with van der Waals surface area (Å²) in [5.74, 6) is 1.61. The zero-order chi connectivity index (χ0) is 28.3. The third-order valence-electron chi connectivity index (χ3n) is 5.20. The van der Waals surface area contributed by atoms with E-state index in [1.165, 1.54) is 12.2 Å². The Kier molecular flexibility index (Phi) is 15.0. The summed E-state index contributed by atoms with van der Waals surface area (Å²) >= 11 is 0. The molecule has 10 nitrogen and oxygen atoms in total. The lowest BCUT2D eigenvalue weighted by Gasteiger charge is -2.11. The molecule has 212 valence electrons. The van der Waals surface area contributed by atoms with Crippen LogP contribution in [-0.4, -0.2) is 78.5 Å². The van der Waals surface area contributed by atoms with Crippen molar-refractivity contribution in [2.45, 2.75) is 6.42 Å². The van der Waals surface area contributed by atoms with E-state index in [0.29, 0.717) is 75.7 Å². The number of quaternary nitrogens is 2. The van der Waals surface area contributed by atoms with Gasteiger partial charge in [-0.3, -0.25) is 9.59 Å². The zero-order valence-corrected chi connectivity index (χ0v) is 22.8. The predicted molar refractivity (Wildman–Crippen MR) is 147 cm³/mol. The molecule has 10 heteroatoms. The average Bonchev–Trinajstić information content (AvgIpc) is 2.95. The molecule has 0 aliphatic rings. The van der Waals surface area contributed by atoms with Gasteiger partial charge in [0, 0.05) is 0 Å². The molecule has 0 saturated heterocycles. The molecule has 2 aromatic rings. The Morgan fingerprint density at radius 1 is 0.641 bits per heavy atom. The van der Waals surface area contributed by atoms with Crippen LogP contribution in [0.5, 0.6) is 23.0 Å². The molecular formula is C29H40N2O8+2. The zero-order valence-electron chi connectivity index (χ0n) is 22.8. The molecule has 0 fully saturated rings. The molecule has 0 aliphatic heterocycles. The summed E-state index contributed by atoms with van der Waals surface area (Å²) in [6, 6.07) is 10.6. The van der Waals surface area contributed by atoms with E-state index in [0.717, 1.165) is 11.1 Å². The first-order valence-electron chi connectivity index (χ1n) is 12.8. The Labute approximate surface area is 229 Å². The van der Waals surface area contributed by atoms with Gasteiger partial charge in [0.2, 0.25) is 0 Å². The molecule has 0 aliphatic carbocycles. The molecule has 0 spiro atoms. The van der Waals surface area contributed by atoms with Crippen LogP contribution in [-0.2, 0) is 19.1 Å². The maximum absolute atomic E-state index is 12.3. The quantitative estimate of drug-likeness (QED) is 0.144. The van der Waals surface area contributed by atoms with Crippen molar-refractivity contribution in [3.63, 3.8) is 0 Å². The smallest absolute Gasteiger partial charge is 0.163 e. The van der Waals surface area contributed by atoms with Gasteiger partial charge in [-0.1, -0.05) is 24.3 Å². The molecule has 0 saturated carbocycles. The summed E-state index contributed by atoms with van der Waals surface area (Å²) in [6.45, 7) is 4.27. The van der Waals surface area contributed by atoms with Gasteiger partial charge in [-0.05, 0) is 47.5 Å². The number of allylic oxidation sites excluding steroid dienone is 2. The van der Waals surface area contributed by atoms with Crippen molar-refractivity contribution in [1.29, 1.82) is 0 Å². The second-order valence-electron chi connectivity index (χ2n) is 8.23. The van der Waals surface area contributed by atoms with E-state index in [1.54, 1.807) is 62.8 Å². The van der Waals surface area contributed by atoms with Crippen LogP contribution in [0.1, 0.15) is 17.5 Å². The molecule has 0 aromatic heterocycles. The Bertz CT molecular complexity index is 1020. The number of ether oxygens (including phenoxy) is 6. The van der Waals surface area contributed by atoms with E-state index in [2.05, 4.69) is 11.5 Å². The lowest BCUT2D eigenvalue weighted by atomic mass is 10.1. The molecule has 2 rings (SSSR count). The van der Waals surface area contributed by atoms with Crippen molar-refractivity contribution in [2.24, 2.45) is 0 Å². The fourth-order valence-electron chi connectivity index (χ4n) is 3.31. The Hall–Kier alpha value is -3.70. The molecule has 0 atom stereocenters. The van der Waals surface area contributed by atoms with Crippen LogP contribution in [0.2, 0.25) is 0 Å². The van der Waals surface area contributed by atoms with E-state index in [4.69, 9.17) is 28.4 Å². The van der Waals surface area contributed by atoms with Crippen LogP contribution in [0.25, 0.3) is 12.2 Å². The number of ketones is 2. The first-order chi connectivity index (χ1) is 19.0. The van der Waals surface area contributed by atoms with Crippen molar-refractivity contribution in [1.82, 2.24) is 0 Å². The topological polar surface area (TPSA) is 145 Å². The standard InChI is InChI=1S/C29H38N2O8/c1-34-28-19-22(5-9-26(28)38-17-15-36-13-11-30)3-7-24(32)21-25(33)8-4-23-6-10-27(29(20-23)35-2)39-18-16-37-14-12-31/h3-10,19-20H,11-18,21,30-31H2,1-2H3/p+2/b7-3+,8-4+. The highest BCUT2D eigenvalue weighted by Crippen LogP contribution is 2.29. The number of hydrogen-bond acceptors (Lipinski definition) is 8.